The standard InChI is InChI=1S/C15H14N4/c16-14-5-3-4-12(8-14)13-9-18-19(10-13)11-15-6-1-2-7-17-15/h1-10H,11,16H2. The first-order chi connectivity index (χ1) is 9.31. The molecular weight excluding hydrogens is 236 g/mol. The maximum atomic E-state index is 5.79. The Morgan fingerprint density at radius 3 is 2.79 bits per heavy atom. The van der Waals surface area contributed by atoms with Crippen molar-refractivity contribution < 1.29 is 0 Å². The highest BCUT2D eigenvalue weighted by molar-refractivity contribution is 5.65. The van der Waals surface area contributed by atoms with Crippen molar-refractivity contribution in [2.75, 3.05) is 5.73 Å². The van der Waals surface area contributed by atoms with Crippen LogP contribution in [0.15, 0.2) is 61.1 Å². The Morgan fingerprint density at radius 1 is 1.05 bits per heavy atom. The maximum absolute atomic E-state index is 5.79. The van der Waals surface area contributed by atoms with Crippen LogP contribution in [0.1, 0.15) is 5.69 Å². The molecule has 2 aromatic heterocycles. The first-order valence-corrected chi connectivity index (χ1v) is 6.09. The van der Waals surface area contributed by atoms with Gasteiger partial charge in [-0.2, -0.15) is 5.10 Å². The molecule has 0 unspecified atom stereocenters. The summed E-state index contributed by atoms with van der Waals surface area (Å²) in [6, 6.07) is 13.7. The second kappa shape index (κ2) is 4.94. The Labute approximate surface area is 111 Å². The Balaban J connectivity index is 1.84. The zero-order valence-electron chi connectivity index (χ0n) is 10.4. The summed E-state index contributed by atoms with van der Waals surface area (Å²) < 4.78 is 1.88. The number of pyridine rings is 1. The Kier molecular flexibility index (Phi) is 2.98. The number of aromatic nitrogens is 3. The lowest BCUT2D eigenvalue weighted by atomic mass is 10.1. The number of anilines is 1. The second-order valence-electron chi connectivity index (χ2n) is 4.37. The van der Waals surface area contributed by atoms with Gasteiger partial charge in [-0.25, -0.2) is 0 Å². The van der Waals surface area contributed by atoms with Crippen LogP contribution in [0.5, 0.6) is 0 Å². The number of nitrogens with two attached hydrogens (primary N) is 1. The fraction of sp³-hybridized carbons (Fsp3) is 0.0667. The van der Waals surface area contributed by atoms with Crippen molar-refractivity contribution in [3.05, 3.63) is 66.7 Å². The van der Waals surface area contributed by atoms with Crippen LogP contribution in [0.3, 0.4) is 0 Å². The molecule has 0 saturated heterocycles. The summed E-state index contributed by atoms with van der Waals surface area (Å²) in [4.78, 5) is 4.29. The first-order valence-electron chi connectivity index (χ1n) is 6.09. The largest absolute Gasteiger partial charge is 0.399 e. The van der Waals surface area contributed by atoms with Crippen molar-refractivity contribution >= 4 is 5.69 Å². The van der Waals surface area contributed by atoms with Crippen LogP contribution >= 0.6 is 0 Å². The number of nitrogens with zero attached hydrogens (tertiary/aromatic N) is 3. The van der Waals surface area contributed by atoms with E-state index in [-0.39, 0.29) is 0 Å². The summed E-state index contributed by atoms with van der Waals surface area (Å²) in [6.45, 7) is 0.670. The quantitative estimate of drug-likeness (QED) is 0.727. The minimum absolute atomic E-state index is 0.670. The van der Waals surface area contributed by atoms with Crippen molar-refractivity contribution in [2.24, 2.45) is 0 Å². The summed E-state index contributed by atoms with van der Waals surface area (Å²) >= 11 is 0. The van der Waals surface area contributed by atoms with Crippen LogP contribution in [0.25, 0.3) is 11.1 Å². The van der Waals surface area contributed by atoms with Gasteiger partial charge in [0.1, 0.15) is 0 Å². The van der Waals surface area contributed by atoms with Gasteiger partial charge in [-0.3, -0.25) is 9.67 Å². The molecule has 0 saturated carbocycles. The molecule has 0 spiro atoms. The molecule has 0 aliphatic heterocycles. The summed E-state index contributed by atoms with van der Waals surface area (Å²) in [6.07, 6.45) is 5.64. The molecule has 2 heterocycles. The third kappa shape index (κ3) is 2.63. The Morgan fingerprint density at radius 2 is 2.00 bits per heavy atom. The number of hydrogen-bond donors (Lipinski definition) is 1. The third-order valence-corrected chi connectivity index (χ3v) is 2.90. The average Bonchev–Trinajstić information content (AvgIpc) is 2.88. The molecule has 4 heteroatoms. The van der Waals surface area contributed by atoms with E-state index in [1.807, 2.05) is 59.5 Å². The van der Waals surface area contributed by atoms with E-state index < -0.39 is 0 Å². The molecule has 0 aliphatic carbocycles. The SMILES string of the molecule is Nc1cccc(-c2cnn(Cc3ccccn3)c2)c1. The molecule has 94 valence electrons. The van der Waals surface area contributed by atoms with Gasteiger partial charge in [-0.05, 0) is 29.8 Å². The van der Waals surface area contributed by atoms with E-state index in [1.165, 1.54) is 0 Å². The van der Waals surface area contributed by atoms with E-state index in [4.69, 9.17) is 5.73 Å². The molecular formula is C15H14N4. The summed E-state index contributed by atoms with van der Waals surface area (Å²) in [5.41, 5.74) is 9.67. The molecule has 0 amide bonds. The van der Waals surface area contributed by atoms with Gasteiger partial charge in [0.25, 0.3) is 0 Å². The van der Waals surface area contributed by atoms with Crippen LogP contribution in [0, 0.1) is 0 Å². The number of benzene rings is 1. The maximum Gasteiger partial charge on any atom is 0.0831 e. The lowest BCUT2D eigenvalue weighted by Crippen LogP contribution is -2.01. The Hall–Kier alpha value is -2.62. The van der Waals surface area contributed by atoms with Gasteiger partial charge in [0.05, 0.1) is 18.4 Å². The molecule has 0 fully saturated rings. The minimum Gasteiger partial charge on any atom is -0.399 e. The van der Waals surface area contributed by atoms with E-state index in [0.29, 0.717) is 6.54 Å². The normalized spacial score (nSPS) is 10.5. The van der Waals surface area contributed by atoms with Crippen molar-refractivity contribution in [1.29, 1.82) is 0 Å². The van der Waals surface area contributed by atoms with Crippen LogP contribution in [-0.4, -0.2) is 14.8 Å². The molecule has 2 N–H and O–H groups in total. The third-order valence-electron chi connectivity index (χ3n) is 2.90. The lowest BCUT2D eigenvalue weighted by molar-refractivity contribution is 0.673. The first kappa shape index (κ1) is 11.5. The van der Waals surface area contributed by atoms with Gasteiger partial charge in [0, 0.05) is 23.6 Å². The van der Waals surface area contributed by atoms with Gasteiger partial charge in [-0.15, -0.1) is 0 Å². The zero-order chi connectivity index (χ0) is 13.1. The van der Waals surface area contributed by atoms with E-state index in [0.717, 1.165) is 22.5 Å². The molecule has 3 aromatic rings. The van der Waals surface area contributed by atoms with Crippen molar-refractivity contribution in [3.8, 4) is 11.1 Å². The van der Waals surface area contributed by atoms with Crippen LogP contribution in [0.4, 0.5) is 5.69 Å². The van der Waals surface area contributed by atoms with Crippen LogP contribution < -0.4 is 5.73 Å². The highest BCUT2D eigenvalue weighted by atomic mass is 15.3. The molecule has 3 rings (SSSR count). The zero-order valence-corrected chi connectivity index (χ0v) is 10.4. The van der Waals surface area contributed by atoms with Crippen molar-refractivity contribution in [1.82, 2.24) is 14.8 Å². The van der Waals surface area contributed by atoms with Gasteiger partial charge in [0.2, 0.25) is 0 Å². The fourth-order valence-electron chi connectivity index (χ4n) is 1.97. The highest BCUT2D eigenvalue weighted by Gasteiger charge is 2.03. The fourth-order valence-corrected chi connectivity index (χ4v) is 1.97. The van der Waals surface area contributed by atoms with Gasteiger partial charge >= 0.3 is 0 Å². The van der Waals surface area contributed by atoms with E-state index in [2.05, 4.69) is 10.1 Å². The molecule has 4 nitrogen and oxygen atoms in total. The molecule has 1 aromatic carbocycles. The molecule has 0 aliphatic rings. The smallest absolute Gasteiger partial charge is 0.0831 e. The van der Waals surface area contributed by atoms with Gasteiger partial charge in [-0.1, -0.05) is 18.2 Å². The topological polar surface area (TPSA) is 56.7 Å². The summed E-state index contributed by atoms with van der Waals surface area (Å²) in [7, 11) is 0. The van der Waals surface area contributed by atoms with Crippen LogP contribution in [-0.2, 0) is 6.54 Å². The number of nitrogen functional groups attached to an aromatic ring is 1. The molecule has 19 heavy (non-hydrogen) atoms. The van der Waals surface area contributed by atoms with E-state index in [1.54, 1.807) is 6.20 Å². The second-order valence-corrected chi connectivity index (χ2v) is 4.37. The average molecular weight is 250 g/mol. The predicted octanol–water partition coefficient (Wildman–Crippen LogP) is 2.58. The summed E-state index contributed by atoms with van der Waals surface area (Å²) in [5.74, 6) is 0. The molecule has 0 radical (unpaired) electrons. The molecule has 0 atom stereocenters. The van der Waals surface area contributed by atoms with Crippen molar-refractivity contribution in [2.45, 2.75) is 6.54 Å². The van der Waals surface area contributed by atoms with Crippen LogP contribution in [0.2, 0.25) is 0 Å². The van der Waals surface area contributed by atoms with Crippen molar-refractivity contribution in [3.63, 3.8) is 0 Å². The highest BCUT2D eigenvalue weighted by Crippen LogP contribution is 2.20. The lowest BCUT2D eigenvalue weighted by Gasteiger charge is -2.00. The van der Waals surface area contributed by atoms with Gasteiger partial charge < -0.3 is 5.73 Å². The molecule has 0 bridgehead atoms. The monoisotopic (exact) mass is 250 g/mol. The van der Waals surface area contributed by atoms with E-state index >= 15 is 0 Å². The number of hydrogen-bond acceptors (Lipinski definition) is 3. The number of rotatable bonds is 3. The Bertz CT molecular complexity index is 673. The summed E-state index contributed by atoms with van der Waals surface area (Å²) in [5, 5.41) is 4.35. The van der Waals surface area contributed by atoms with Gasteiger partial charge in [0.15, 0.2) is 0 Å². The predicted molar refractivity (Wildman–Crippen MR) is 75.4 cm³/mol. The van der Waals surface area contributed by atoms with E-state index in [9.17, 15) is 0 Å². The minimum atomic E-state index is 0.670.